The Labute approximate surface area is 125 Å². The number of rotatable bonds is 2. The van der Waals surface area contributed by atoms with Gasteiger partial charge < -0.3 is 0 Å². The number of carbonyl (C=O) groups excluding carboxylic acids is 2. The average Bonchev–Trinajstić information content (AvgIpc) is 2.77. The highest BCUT2D eigenvalue weighted by molar-refractivity contribution is 8.19. The first-order chi connectivity index (χ1) is 10.2. The Bertz CT molecular complexity index is 743. The Kier molecular flexibility index (Phi) is 3.58. The normalized spacial score (nSPS) is 16.8. The molecule has 2 aromatic rings. The van der Waals surface area contributed by atoms with E-state index < -0.39 is 11.7 Å². The molecule has 21 heavy (non-hydrogen) atoms. The van der Waals surface area contributed by atoms with Crippen molar-refractivity contribution < 1.29 is 14.0 Å². The zero-order chi connectivity index (χ0) is 14.8. The summed E-state index contributed by atoms with van der Waals surface area (Å²) in [6, 6.07) is 14.8. The van der Waals surface area contributed by atoms with Crippen molar-refractivity contribution in [2.45, 2.75) is 0 Å². The summed E-state index contributed by atoms with van der Waals surface area (Å²) in [5.41, 5.74) is 0.799. The van der Waals surface area contributed by atoms with Crippen LogP contribution in [0.5, 0.6) is 0 Å². The smallest absolute Gasteiger partial charge is 0.268 e. The number of benzene rings is 2. The van der Waals surface area contributed by atoms with Crippen LogP contribution in [0.25, 0.3) is 6.08 Å². The number of carbonyl (C=O) groups is 2. The predicted octanol–water partition coefficient (Wildman–Crippen LogP) is 4.07. The molecule has 1 aliphatic heterocycles. The zero-order valence-corrected chi connectivity index (χ0v) is 11.6. The van der Waals surface area contributed by atoms with Crippen molar-refractivity contribution in [1.82, 2.24) is 0 Å². The SMILES string of the molecule is O=C1S/C(=C/c2ccccc2F)C(=O)N1c1ccccc1. The lowest BCUT2D eigenvalue weighted by Gasteiger charge is -2.11. The first-order valence-electron chi connectivity index (χ1n) is 6.24. The minimum absolute atomic E-state index is 0.217. The van der Waals surface area contributed by atoms with Gasteiger partial charge in [-0.15, -0.1) is 0 Å². The maximum absolute atomic E-state index is 13.6. The highest BCUT2D eigenvalue weighted by Gasteiger charge is 2.36. The van der Waals surface area contributed by atoms with Crippen LogP contribution in [0.3, 0.4) is 0 Å². The van der Waals surface area contributed by atoms with E-state index in [0.29, 0.717) is 5.69 Å². The fourth-order valence-corrected chi connectivity index (χ4v) is 2.83. The lowest BCUT2D eigenvalue weighted by Crippen LogP contribution is -2.27. The number of thioether (sulfide) groups is 1. The molecule has 0 N–H and O–H groups in total. The second-order valence-corrected chi connectivity index (χ2v) is 5.37. The molecule has 0 bridgehead atoms. The van der Waals surface area contributed by atoms with Crippen LogP contribution < -0.4 is 4.90 Å². The van der Waals surface area contributed by atoms with E-state index >= 15 is 0 Å². The van der Waals surface area contributed by atoms with Crippen LogP contribution in [0.15, 0.2) is 59.5 Å². The van der Waals surface area contributed by atoms with Gasteiger partial charge in [-0.3, -0.25) is 9.59 Å². The van der Waals surface area contributed by atoms with Gasteiger partial charge in [-0.05, 0) is 36.0 Å². The topological polar surface area (TPSA) is 37.4 Å². The Morgan fingerprint density at radius 1 is 0.952 bits per heavy atom. The second kappa shape index (κ2) is 5.54. The minimum atomic E-state index is -0.431. The third-order valence-electron chi connectivity index (χ3n) is 3.00. The summed E-state index contributed by atoms with van der Waals surface area (Å²) in [4.78, 5) is 25.6. The van der Waals surface area contributed by atoms with Gasteiger partial charge in [-0.25, -0.2) is 9.29 Å². The molecule has 3 nitrogen and oxygen atoms in total. The van der Waals surface area contributed by atoms with E-state index in [1.54, 1.807) is 48.5 Å². The van der Waals surface area contributed by atoms with Crippen molar-refractivity contribution in [1.29, 1.82) is 0 Å². The monoisotopic (exact) mass is 299 g/mol. The van der Waals surface area contributed by atoms with E-state index in [9.17, 15) is 14.0 Å². The van der Waals surface area contributed by atoms with Crippen LogP contribution >= 0.6 is 11.8 Å². The van der Waals surface area contributed by atoms with E-state index in [4.69, 9.17) is 0 Å². The summed E-state index contributed by atoms with van der Waals surface area (Å²) >= 11 is 0.812. The Balaban J connectivity index is 1.96. The number of anilines is 1. The van der Waals surface area contributed by atoms with Crippen molar-refractivity contribution in [3.63, 3.8) is 0 Å². The molecule has 0 spiro atoms. The zero-order valence-electron chi connectivity index (χ0n) is 10.8. The van der Waals surface area contributed by atoms with Crippen LogP contribution in [0.4, 0.5) is 14.9 Å². The van der Waals surface area contributed by atoms with Crippen molar-refractivity contribution >= 4 is 34.7 Å². The fourth-order valence-electron chi connectivity index (χ4n) is 2.00. The molecule has 0 aromatic heterocycles. The molecule has 0 radical (unpaired) electrons. The number of nitrogens with zero attached hydrogens (tertiary/aromatic N) is 1. The van der Waals surface area contributed by atoms with Gasteiger partial charge in [-0.2, -0.15) is 0 Å². The lowest BCUT2D eigenvalue weighted by molar-refractivity contribution is -0.113. The highest BCUT2D eigenvalue weighted by Crippen LogP contribution is 2.35. The maximum atomic E-state index is 13.6. The molecule has 0 aliphatic carbocycles. The van der Waals surface area contributed by atoms with Gasteiger partial charge in [-0.1, -0.05) is 36.4 Å². The molecule has 104 valence electrons. The molecule has 2 aromatic carbocycles. The largest absolute Gasteiger partial charge is 0.298 e. The van der Waals surface area contributed by atoms with Gasteiger partial charge in [0.2, 0.25) is 0 Å². The Morgan fingerprint density at radius 2 is 1.62 bits per heavy atom. The molecule has 2 amide bonds. The van der Waals surface area contributed by atoms with Crippen LogP contribution in [0, 0.1) is 5.82 Å². The molecule has 1 saturated heterocycles. The van der Waals surface area contributed by atoms with E-state index in [1.807, 2.05) is 0 Å². The summed E-state index contributed by atoms with van der Waals surface area (Å²) in [5, 5.41) is -0.381. The quantitative estimate of drug-likeness (QED) is 0.785. The van der Waals surface area contributed by atoms with E-state index in [0.717, 1.165) is 16.7 Å². The van der Waals surface area contributed by atoms with E-state index in [2.05, 4.69) is 0 Å². The summed E-state index contributed by atoms with van der Waals surface area (Å²) in [6.45, 7) is 0. The summed E-state index contributed by atoms with van der Waals surface area (Å²) < 4.78 is 13.6. The van der Waals surface area contributed by atoms with Crippen LogP contribution in [-0.4, -0.2) is 11.1 Å². The van der Waals surface area contributed by atoms with Gasteiger partial charge in [0, 0.05) is 5.56 Å². The first kappa shape index (κ1) is 13.6. The molecule has 1 heterocycles. The molecule has 0 atom stereocenters. The van der Waals surface area contributed by atoms with Gasteiger partial charge in [0.05, 0.1) is 10.6 Å². The number of para-hydroxylation sites is 1. The lowest BCUT2D eigenvalue weighted by atomic mass is 10.2. The minimum Gasteiger partial charge on any atom is -0.268 e. The van der Waals surface area contributed by atoms with Crippen molar-refractivity contribution in [3.8, 4) is 0 Å². The van der Waals surface area contributed by atoms with Crippen molar-refractivity contribution in [2.24, 2.45) is 0 Å². The van der Waals surface area contributed by atoms with Crippen molar-refractivity contribution in [3.05, 3.63) is 70.9 Å². The molecule has 1 fully saturated rings. The van der Waals surface area contributed by atoms with Gasteiger partial charge >= 0.3 is 0 Å². The molecule has 0 saturated carbocycles. The van der Waals surface area contributed by atoms with Crippen LogP contribution in [-0.2, 0) is 4.79 Å². The summed E-state index contributed by atoms with van der Waals surface area (Å²) in [6.07, 6.45) is 1.41. The third kappa shape index (κ3) is 2.60. The molecule has 1 aliphatic rings. The number of hydrogen-bond acceptors (Lipinski definition) is 3. The number of halogens is 1. The van der Waals surface area contributed by atoms with Gasteiger partial charge in [0.25, 0.3) is 11.1 Å². The molecule has 0 unspecified atom stereocenters. The van der Waals surface area contributed by atoms with E-state index in [1.165, 1.54) is 12.1 Å². The second-order valence-electron chi connectivity index (χ2n) is 4.37. The molecule has 3 rings (SSSR count). The Hall–Kier alpha value is -2.40. The highest BCUT2D eigenvalue weighted by atomic mass is 32.2. The number of amides is 2. The third-order valence-corrected chi connectivity index (χ3v) is 3.87. The molecule has 5 heteroatoms. The average molecular weight is 299 g/mol. The number of hydrogen-bond donors (Lipinski definition) is 0. The molecular weight excluding hydrogens is 289 g/mol. The van der Waals surface area contributed by atoms with E-state index in [-0.39, 0.29) is 15.7 Å². The van der Waals surface area contributed by atoms with Gasteiger partial charge in [0.15, 0.2) is 0 Å². The van der Waals surface area contributed by atoms with Gasteiger partial charge in [0.1, 0.15) is 5.82 Å². The summed E-state index contributed by atoms with van der Waals surface area (Å²) in [5.74, 6) is -0.858. The van der Waals surface area contributed by atoms with Crippen LogP contribution in [0.2, 0.25) is 0 Å². The standard InChI is InChI=1S/C16H10FNO2S/c17-13-9-5-4-6-11(13)10-14-15(19)18(16(20)21-14)12-7-2-1-3-8-12/h1-10H/b14-10+. The number of imide groups is 1. The predicted molar refractivity (Wildman–Crippen MR) is 81.3 cm³/mol. The first-order valence-corrected chi connectivity index (χ1v) is 7.06. The van der Waals surface area contributed by atoms with Crippen molar-refractivity contribution in [2.75, 3.05) is 4.90 Å². The molecular formula is C16H10FNO2S. The Morgan fingerprint density at radius 3 is 2.33 bits per heavy atom. The van der Waals surface area contributed by atoms with Crippen LogP contribution in [0.1, 0.15) is 5.56 Å². The maximum Gasteiger partial charge on any atom is 0.298 e. The summed E-state index contributed by atoms with van der Waals surface area (Å²) in [7, 11) is 0. The fraction of sp³-hybridized carbons (Fsp3) is 0.